The van der Waals surface area contributed by atoms with Gasteiger partial charge >= 0.3 is 16.3 Å². The molecule has 0 radical (unpaired) electrons. The predicted molar refractivity (Wildman–Crippen MR) is 114 cm³/mol. The van der Waals surface area contributed by atoms with E-state index in [0.717, 1.165) is 24.3 Å². The van der Waals surface area contributed by atoms with Crippen LogP contribution in [0, 0.1) is 0 Å². The van der Waals surface area contributed by atoms with Crippen LogP contribution in [0.3, 0.4) is 0 Å². The second kappa shape index (κ2) is 10.2. The lowest BCUT2D eigenvalue weighted by Gasteiger charge is -2.29. The summed E-state index contributed by atoms with van der Waals surface area (Å²) >= 11 is 0. The molecule has 1 atom stereocenters. The molecule has 0 fully saturated rings. The van der Waals surface area contributed by atoms with Gasteiger partial charge in [-0.05, 0) is 62.2 Å². The number of hydrogen-bond acceptors (Lipinski definition) is 5. The number of nitrogens with zero attached hydrogens (tertiary/aromatic N) is 1. The molecule has 0 spiro atoms. The van der Waals surface area contributed by atoms with Crippen molar-refractivity contribution in [3.8, 4) is 11.5 Å². The van der Waals surface area contributed by atoms with E-state index in [-0.39, 0.29) is 35.4 Å². The highest BCUT2D eigenvalue weighted by Crippen LogP contribution is 2.31. The largest absolute Gasteiger partial charge is 0.493 e. The van der Waals surface area contributed by atoms with Crippen molar-refractivity contribution < 1.29 is 35.3 Å². The van der Waals surface area contributed by atoms with Crippen molar-refractivity contribution in [3.05, 3.63) is 59.2 Å². The fourth-order valence-corrected chi connectivity index (χ4v) is 3.41. The van der Waals surface area contributed by atoms with E-state index in [1.54, 1.807) is 6.07 Å². The highest BCUT2D eigenvalue weighted by Gasteiger charge is 2.31. The highest BCUT2D eigenvalue weighted by molar-refractivity contribution is 7.87. The lowest BCUT2D eigenvalue weighted by atomic mass is 10.1. The summed E-state index contributed by atoms with van der Waals surface area (Å²) in [5, 5.41) is 0. The van der Waals surface area contributed by atoms with Crippen molar-refractivity contribution in [2.75, 3.05) is 12.9 Å². The number of amides is 1. The first kappa shape index (κ1) is 25.5. The van der Waals surface area contributed by atoms with E-state index in [0.29, 0.717) is 12.0 Å². The molecular weight excluding hydrogens is 447 g/mol. The number of halogens is 3. The molecule has 1 amide bonds. The molecule has 0 N–H and O–H groups in total. The van der Waals surface area contributed by atoms with Crippen LogP contribution in [0.4, 0.5) is 13.2 Å². The average Bonchev–Trinajstić information content (AvgIpc) is 2.76. The SMILES string of the molecule is CCC(C)N(Cc1ccc(OC)c(OS(=O)(=O)CC)c1)C(=O)c1ccc(C(F)(F)F)cc1. The van der Waals surface area contributed by atoms with Gasteiger partial charge in [-0.2, -0.15) is 21.6 Å². The molecule has 1 unspecified atom stereocenters. The van der Waals surface area contributed by atoms with Crippen LogP contribution in [-0.2, 0) is 22.8 Å². The van der Waals surface area contributed by atoms with Crippen LogP contribution < -0.4 is 8.92 Å². The van der Waals surface area contributed by atoms with Gasteiger partial charge in [0.1, 0.15) is 0 Å². The molecule has 0 aliphatic carbocycles. The zero-order valence-corrected chi connectivity index (χ0v) is 19.1. The second-order valence-corrected chi connectivity index (χ2v) is 9.04. The molecule has 0 aromatic heterocycles. The number of benzene rings is 2. The zero-order chi connectivity index (χ0) is 24.1. The summed E-state index contributed by atoms with van der Waals surface area (Å²) in [4.78, 5) is 14.6. The van der Waals surface area contributed by atoms with Gasteiger partial charge in [0.15, 0.2) is 11.5 Å². The van der Waals surface area contributed by atoms with Gasteiger partial charge in [0.05, 0.1) is 18.4 Å². The maximum Gasteiger partial charge on any atom is 0.416 e. The Labute approximate surface area is 186 Å². The zero-order valence-electron chi connectivity index (χ0n) is 18.3. The van der Waals surface area contributed by atoms with Crippen molar-refractivity contribution in [1.29, 1.82) is 0 Å². The molecule has 0 bridgehead atoms. The van der Waals surface area contributed by atoms with E-state index in [1.165, 1.54) is 31.1 Å². The summed E-state index contributed by atoms with van der Waals surface area (Å²) in [5.74, 6) is -0.452. The Bertz CT molecular complexity index is 1040. The minimum Gasteiger partial charge on any atom is -0.493 e. The summed E-state index contributed by atoms with van der Waals surface area (Å²) in [6.07, 6.45) is -3.88. The summed E-state index contributed by atoms with van der Waals surface area (Å²) in [5.41, 5.74) is -0.136. The second-order valence-electron chi connectivity index (χ2n) is 7.18. The summed E-state index contributed by atoms with van der Waals surface area (Å²) in [6.45, 7) is 5.25. The lowest BCUT2D eigenvalue weighted by Crippen LogP contribution is -2.37. The van der Waals surface area contributed by atoms with Crippen LogP contribution in [0.15, 0.2) is 42.5 Å². The minimum absolute atomic E-state index is 0.00192. The maximum absolute atomic E-state index is 13.1. The Morgan fingerprint density at radius 1 is 1.06 bits per heavy atom. The van der Waals surface area contributed by atoms with E-state index in [9.17, 15) is 26.4 Å². The molecule has 2 aromatic rings. The van der Waals surface area contributed by atoms with Crippen LogP contribution in [0.1, 0.15) is 48.7 Å². The number of rotatable bonds is 9. The van der Waals surface area contributed by atoms with Gasteiger partial charge < -0.3 is 13.8 Å². The molecule has 6 nitrogen and oxygen atoms in total. The molecule has 0 aliphatic heterocycles. The Morgan fingerprint density at radius 3 is 2.19 bits per heavy atom. The third kappa shape index (κ3) is 6.38. The van der Waals surface area contributed by atoms with Crippen molar-refractivity contribution in [3.63, 3.8) is 0 Å². The van der Waals surface area contributed by atoms with Crippen LogP contribution >= 0.6 is 0 Å². The van der Waals surface area contributed by atoms with Crippen molar-refractivity contribution in [2.45, 2.75) is 46.0 Å². The standard InChI is InChI=1S/C22H26F3NO5S/c1-5-15(3)26(21(27)17-8-10-18(11-9-17)22(23,24)25)14-16-7-12-19(30-4)20(13-16)31-32(28,29)6-2/h7-13,15H,5-6,14H2,1-4H3. The quantitative estimate of drug-likeness (QED) is 0.485. The molecule has 2 rings (SSSR count). The van der Waals surface area contributed by atoms with Crippen LogP contribution in [0.5, 0.6) is 11.5 Å². The molecule has 176 valence electrons. The Hall–Kier alpha value is -2.75. The van der Waals surface area contributed by atoms with E-state index >= 15 is 0 Å². The normalized spacial score (nSPS) is 12.8. The summed E-state index contributed by atoms with van der Waals surface area (Å²) in [7, 11) is -2.42. The van der Waals surface area contributed by atoms with Gasteiger partial charge in [-0.25, -0.2) is 0 Å². The van der Waals surface area contributed by atoms with Gasteiger partial charge in [0.25, 0.3) is 5.91 Å². The monoisotopic (exact) mass is 473 g/mol. The van der Waals surface area contributed by atoms with Crippen molar-refractivity contribution in [1.82, 2.24) is 4.90 Å². The van der Waals surface area contributed by atoms with Crippen LogP contribution in [-0.4, -0.2) is 38.1 Å². The third-order valence-electron chi connectivity index (χ3n) is 4.99. The van der Waals surface area contributed by atoms with Gasteiger partial charge in [0, 0.05) is 18.2 Å². The van der Waals surface area contributed by atoms with Gasteiger partial charge in [-0.1, -0.05) is 13.0 Å². The average molecular weight is 474 g/mol. The van der Waals surface area contributed by atoms with Gasteiger partial charge in [-0.15, -0.1) is 0 Å². The van der Waals surface area contributed by atoms with Crippen molar-refractivity contribution in [2.24, 2.45) is 0 Å². The number of ether oxygens (including phenoxy) is 1. The number of alkyl halides is 3. The first-order chi connectivity index (χ1) is 14.9. The number of carbonyl (C=O) groups excluding carboxylic acids is 1. The highest BCUT2D eigenvalue weighted by atomic mass is 32.2. The Balaban J connectivity index is 2.36. The molecule has 32 heavy (non-hydrogen) atoms. The van der Waals surface area contributed by atoms with Crippen LogP contribution in [0.2, 0.25) is 0 Å². The maximum atomic E-state index is 13.1. The minimum atomic E-state index is -4.49. The van der Waals surface area contributed by atoms with Gasteiger partial charge in [0.2, 0.25) is 0 Å². The van der Waals surface area contributed by atoms with Crippen molar-refractivity contribution >= 4 is 16.0 Å². The topological polar surface area (TPSA) is 72.9 Å². The number of hydrogen-bond donors (Lipinski definition) is 0. The summed E-state index contributed by atoms with van der Waals surface area (Å²) < 4.78 is 72.6. The molecule has 0 heterocycles. The first-order valence-electron chi connectivity index (χ1n) is 9.99. The van der Waals surface area contributed by atoms with Crippen LogP contribution in [0.25, 0.3) is 0 Å². The van der Waals surface area contributed by atoms with E-state index in [2.05, 4.69) is 0 Å². The Kier molecular flexibility index (Phi) is 8.17. The smallest absolute Gasteiger partial charge is 0.416 e. The van der Waals surface area contributed by atoms with E-state index < -0.39 is 27.8 Å². The molecule has 2 aromatic carbocycles. The third-order valence-corrected chi connectivity index (χ3v) is 6.13. The summed E-state index contributed by atoms with van der Waals surface area (Å²) in [6, 6.07) is 8.49. The molecule has 0 aliphatic rings. The Morgan fingerprint density at radius 2 is 1.69 bits per heavy atom. The van der Waals surface area contributed by atoms with E-state index in [4.69, 9.17) is 8.92 Å². The fourth-order valence-electron chi connectivity index (χ4n) is 2.89. The molecular formula is C22H26F3NO5S. The predicted octanol–water partition coefficient (Wildman–Crippen LogP) is 4.88. The van der Waals surface area contributed by atoms with Gasteiger partial charge in [-0.3, -0.25) is 4.79 Å². The molecule has 0 saturated heterocycles. The molecule has 0 saturated carbocycles. The lowest BCUT2D eigenvalue weighted by molar-refractivity contribution is -0.137. The molecule has 10 heteroatoms. The first-order valence-corrected chi connectivity index (χ1v) is 11.6. The number of carbonyl (C=O) groups is 1. The fraction of sp³-hybridized carbons (Fsp3) is 0.409. The van der Waals surface area contributed by atoms with E-state index in [1.807, 2.05) is 13.8 Å². The number of methoxy groups -OCH3 is 1.